The minimum Gasteiger partial charge on any atom is -0.392 e. The Bertz CT molecular complexity index is 981. The maximum Gasteiger partial charge on any atom is 0.225 e. The summed E-state index contributed by atoms with van der Waals surface area (Å²) in [7, 11) is 0. The molecule has 0 spiro atoms. The van der Waals surface area contributed by atoms with E-state index >= 15 is 0 Å². The van der Waals surface area contributed by atoms with Gasteiger partial charge in [-0.3, -0.25) is 4.79 Å². The van der Waals surface area contributed by atoms with Crippen LogP contribution in [0.4, 0.5) is 4.39 Å². The molecule has 1 aromatic heterocycles. The third kappa shape index (κ3) is 11.0. The first kappa shape index (κ1) is 35.4. The molecule has 1 heterocycles. The summed E-state index contributed by atoms with van der Waals surface area (Å²) in [4.78, 5) is 23.5. The minimum atomic E-state index is -0.970. The molecule has 6 nitrogen and oxygen atoms in total. The lowest BCUT2D eigenvalue weighted by Gasteiger charge is -2.31. The molecule has 2 aromatic rings. The van der Waals surface area contributed by atoms with Gasteiger partial charge in [-0.2, -0.15) is 0 Å². The molecule has 1 aromatic carbocycles. The van der Waals surface area contributed by atoms with Crippen LogP contribution in [0.25, 0.3) is 17.3 Å². The second kappa shape index (κ2) is 17.8. The molecule has 0 aliphatic carbocycles. The maximum atomic E-state index is 13.5. The number of amides is 1. The van der Waals surface area contributed by atoms with Crippen molar-refractivity contribution < 1.29 is 19.4 Å². The number of aromatic nitrogens is 2. The van der Waals surface area contributed by atoms with E-state index in [0.717, 1.165) is 16.8 Å². The normalized spacial score (nSPS) is 12.7. The number of aryl methyl sites for hydroxylation is 1. The first-order chi connectivity index (χ1) is 17.9. The molecule has 0 saturated carbocycles. The number of hydrogen-bond acceptors (Lipinski definition) is 5. The summed E-state index contributed by atoms with van der Waals surface area (Å²) in [6.07, 6.45) is 1.39. The number of halogens is 1. The average molecular weight is 532 g/mol. The topological polar surface area (TPSA) is 86.6 Å². The van der Waals surface area contributed by atoms with E-state index in [2.05, 4.69) is 9.97 Å². The van der Waals surface area contributed by atoms with Crippen LogP contribution in [0.2, 0.25) is 0 Å². The molecule has 0 saturated heterocycles. The van der Waals surface area contributed by atoms with Gasteiger partial charge in [0.05, 0.1) is 30.0 Å². The molecule has 0 fully saturated rings. The smallest absolute Gasteiger partial charge is 0.225 e. The van der Waals surface area contributed by atoms with Gasteiger partial charge < -0.3 is 15.1 Å². The Labute approximate surface area is 230 Å². The summed E-state index contributed by atoms with van der Waals surface area (Å²) in [5.74, 6) is 0.234. The van der Waals surface area contributed by atoms with Crippen LogP contribution in [0.5, 0.6) is 0 Å². The summed E-state index contributed by atoms with van der Waals surface area (Å²) in [6.45, 7) is 21.6. The van der Waals surface area contributed by atoms with Crippen LogP contribution in [0, 0.1) is 12.7 Å². The van der Waals surface area contributed by atoms with Crippen LogP contribution >= 0.6 is 0 Å². The van der Waals surface area contributed by atoms with Crippen molar-refractivity contribution in [2.24, 2.45) is 0 Å². The fourth-order valence-corrected chi connectivity index (χ4v) is 4.16. The lowest BCUT2D eigenvalue weighted by Crippen LogP contribution is -2.43. The first-order valence-electron chi connectivity index (χ1n) is 13.9. The molecule has 38 heavy (non-hydrogen) atoms. The van der Waals surface area contributed by atoms with E-state index in [1.807, 2.05) is 76.2 Å². The van der Waals surface area contributed by atoms with E-state index in [1.54, 1.807) is 29.2 Å². The van der Waals surface area contributed by atoms with Crippen LogP contribution < -0.4 is 0 Å². The Kier molecular flexibility index (Phi) is 16.6. The molecule has 0 aliphatic heterocycles. The first-order valence-corrected chi connectivity index (χ1v) is 13.9. The minimum absolute atomic E-state index is 0.0296. The molecule has 0 bridgehead atoms. The highest BCUT2D eigenvalue weighted by atomic mass is 19.1. The van der Waals surface area contributed by atoms with Crippen molar-refractivity contribution in [1.29, 1.82) is 0 Å². The fourth-order valence-electron chi connectivity index (χ4n) is 4.16. The predicted octanol–water partition coefficient (Wildman–Crippen LogP) is 6.93. The van der Waals surface area contributed by atoms with Crippen molar-refractivity contribution in [2.45, 2.75) is 119 Å². The number of nitrogens with zero attached hydrogens (tertiary/aromatic N) is 3. The zero-order valence-corrected chi connectivity index (χ0v) is 25.3. The number of hydrogen-bond donors (Lipinski definition) is 2. The van der Waals surface area contributed by atoms with Gasteiger partial charge in [-0.15, -0.1) is 0 Å². The highest BCUT2D eigenvalue weighted by Gasteiger charge is 2.23. The second-order valence-corrected chi connectivity index (χ2v) is 9.59. The lowest BCUT2D eigenvalue weighted by molar-refractivity contribution is -0.137. The third-order valence-corrected chi connectivity index (χ3v) is 5.56. The summed E-state index contributed by atoms with van der Waals surface area (Å²) in [5, 5.41) is 21.0. The molecule has 2 N–H and O–H groups in total. The molecule has 0 radical (unpaired) electrons. The zero-order valence-electron chi connectivity index (χ0n) is 25.3. The molecule has 2 rings (SSSR count). The summed E-state index contributed by atoms with van der Waals surface area (Å²) in [5.41, 5.74) is 2.95. The Balaban J connectivity index is 0.00000326. The molecule has 214 valence electrons. The Morgan fingerprint density at radius 3 is 1.95 bits per heavy atom. The van der Waals surface area contributed by atoms with Gasteiger partial charge in [0.25, 0.3) is 0 Å². The maximum absolute atomic E-state index is 13.5. The van der Waals surface area contributed by atoms with Crippen LogP contribution in [0.1, 0.15) is 105 Å². The van der Waals surface area contributed by atoms with E-state index in [4.69, 9.17) is 0 Å². The van der Waals surface area contributed by atoms with Crippen molar-refractivity contribution in [3.63, 3.8) is 0 Å². The van der Waals surface area contributed by atoms with Gasteiger partial charge in [0, 0.05) is 29.6 Å². The standard InChI is InChI=1S/C27H38FN3O3.2C2H6/c1-16(2)26-24(27(30-19(7)29-26)20-8-10-21(28)11-9-20)13-12-22(32)14-23(33)15-25(34)31(17(3)4)18(5)6;2*1-2/h8-13,16-18,22-23,32-33H,14-15H2,1-7H3;2*1-2H3/b13-12+;;/t22-,23-;;/m1../s1. The SMILES string of the molecule is CC.CC.Cc1nc(-c2ccc(F)cc2)c(/C=C/[C@@H](O)C[C@@H](O)CC(=O)N(C(C)C)C(C)C)c(C(C)C)n1. The monoisotopic (exact) mass is 531 g/mol. The predicted molar refractivity (Wildman–Crippen MR) is 156 cm³/mol. The van der Waals surface area contributed by atoms with Gasteiger partial charge >= 0.3 is 0 Å². The van der Waals surface area contributed by atoms with Crippen molar-refractivity contribution in [2.75, 3.05) is 0 Å². The van der Waals surface area contributed by atoms with Crippen molar-refractivity contribution in [3.05, 3.63) is 53.2 Å². The number of benzene rings is 1. The van der Waals surface area contributed by atoms with E-state index in [1.165, 1.54) is 12.1 Å². The Hall–Kier alpha value is -2.64. The van der Waals surface area contributed by atoms with Gasteiger partial charge in [-0.1, -0.05) is 53.7 Å². The van der Waals surface area contributed by atoms with Gasteiger partial charge in [-0.25, -0.2) is 14.4 Å². The largest absolute Gasteiger partial charge is 0.392 e. The highest BCUT2D eigenvalue weighted by molar-refractivity contribution is 5.77. The van der Waals surface area contributed by atoms with Crippen LogP contribution in [-0.4, -0.2) is 55.3 Å². The number of carbonyl (C=O) groups excluding carboxylic acids is 1. The zero-order chi connectivity index (χ0) is 29.6. The van der Waals surface area contributed by atoms with Gasteiger partial charge in [0.1, 0.15) is 11.6 Å². The molecular weight excluding hydrogens is 481 g/mol. The quantitative estimate of drug-likeness (QED) is 0.347. The molecular formula is C31H50FN3O3. The Morgan fingerprint density at radius 1 is 0.947 bits per heavy atom. The Morgan fingerprint density at radius 2 is 1.47 bits per heavy atom. The fraction of sp³-hybridized carbons (Fsp3) is 0.581. The van der Waals surface area contributed by atoms with Crippen LogP contribution in [0.15, 0.2) is 30.3 Å². The summed E-state index contributed by atoms with van der Waals surface area (Å²) < 4.78 is 13.5. The molecule has 2 atom stereocenters. The number of aliphatic hydroxyl groups excluding tert-OH is 2. The molecule has 0 aliphatic rings. The van der Waals surface area contributed by atoms with E-state index in [-0.39, 0.29) is 42.6 Å². The van der Waals surface area contributed by atoms with Crippen molar-refractivity contribution in [3.8, 4) is 11.3 Å². The summed E-state index contributed by atoms with van der Waals surface area (Å²) >= 11 is 0. The number of rotatable bonds is 10. The van der Waals surface area contributed by atoms with E-state index in [0.29, 0.717) is 11.5 Å². The van der Waals surface area contributed by atoms with Crippen molar-refractivity contribution >= 4 is 12.0 Å². The molecule has 1 amide bonds. The number of aliphatic hydroxyl groups is 2. The number of carbonyl (C=O) groups is 1. The van der Waals surface area contributed by atoms with Crippen molar-refractivity contribution in [1.82, 2.24) is 14.9 Å². The van der Waals surface area contributed by atoms with Gasteiger partial charge in [0.2, 0.25) is 5.91 Å². The van der Waals surface area contributed by atoms with E-state index in [9.17, 15) is 19.4 Å². The van der Waals surface area contributed by atoms with Gasteiger partial charge in [-0.05, 0) is 64.8 Å². The second-order valence-electron chi connectivity index (χ2n) is 9.59. The average Bonchev–Trinajstić information content (AvgIpc) is 2.85. The lowest BCUT2D eigenvalue weighted by atomic mass is 9.97. The third-order valence-electron chi connectivity index (χ3n) is 5.56. The van der Waals surface area contributed by atoms with Gasteiger partial charge in [0.15, 0.2) is 0 Å². The van der Waals surface area contributed by atoms with E-state index < -0.39 is 12.2 Å². The molecule has 7 heteroatoms. The summed E-state index contributed by atoms with van der Waals surface area (Å²) in [6, 6.07) is 6.17. The highest BCUT2D eigenvalue weighted by Crippen LogP contribution is 2.29. The van der Waals surface area contributed by atoms with Crippen LogP contribution in [0.3, 0.4) is 0 Å². The van der Waals surface area contributed by atoms with Crippen LogP contribution in [-0.2, 0) is 4.79 Å². The molecule has 0 unspecified atom stereocenters.